The first-order valence-electron chi connectivity index (χ1n) is 9.07. The fourth-order valence-electron chi connectivity index (χ4n) is 4.45. The highest BCUT2D eigenvalue weighted by Gasteiger charge is 2.46. The number of halogens is 2. The van der Waals surface area contributed by atoms with E-state index >= 15 is 0 Å². The molecule has 4 rings (SSSR count). The Morgan fingerprint density at radius 3 is 2.73 bits per heavy atom. The van der Waals surface area contributed by atoms with Gasteiger partial charge in [-0.25, -0.2) is 13.8 Å². The van der Waals surface area contributed by atoms with Crippen LogP contribution in [0.3, 0.4) is 0 Å². The Morgan fingerprint density at radius 1 is 1.27 bits per heavy atom. The molecule has 1 fully saturated rings. The van der Waals surface area contributed by atoms with E-state index in [2.05, 4.69) is 21.8 Å². The molecule has 0 unspecified atom stereocenters. The van der Waals surface area contributed by atoms with Crippen LogP contribution in [0.25, 0.3) is 0 Å². The molecule has 2 aliphatic rings. The highest BCUT2D eigenvalue weighted by molar-refractivity contribution is 5.94. The molecule has 138 valence electrons. The van der Waals surface area contributed by atoms with Gasteiger partial charge in [-0.15, -0.1) is 0 Å². The quantitative estimate of drug-likeness (QED) is 0.896. The number of likely N-dealkylation sites (N-methyl/N-ethyl adjacent to an activating group) is 1. The summed E-state index contributed by atoms with van der Waals surface area (Å²) in [5, 5.41) is 0. The highest BCUT2D eigenvalue weighted by atomic mass is 19.1. The van der Waals surface area contributed by atoms with Crippen molar-refractivity contribution in [2.75, 3.05) is 26.2 Å². The maximum atomic E-state index is 14.0. The summed E-state index contributed by atoms with van der Waals surface area (Å²) in [6.45, 7) is 5.08. The minimum Gasteiger partial charge on any atom is -0.348 e. The average Bonchev–Trinajstić information content (AvgIpc) is 3.12. The van der Waals surface area contributed by atoms with E-state index in [1.807, 2.05) is 0 Å². The van der Waals surface area contributed by atoms with Crippen molar-refractivity contribution in [2.24, 2.45) is 0 Å². The van der Waals surface area contributed by atoms with E-state index in [9.17, 15) is 13.6 Å². The van der Waals surface area contributed by atoms with E-state index in [1.54, 1.807) is 11.2 Å². The van der Waals surface area contributed by atoms with Crippen molar-refractivity contribution in [3.05, 3.63) is 53.1 Å². The van der Waals surface area contributed by atoms with Crippen molar-refractivity contribution < 1.29 is 13.6 Å². The molecule has 1 spiro atoms. The number of H-pyrrole nitrogens is 1. The van der Waals surface area contributed by atoms with Gasteiger partial charge in [0, 0.05) is 37.8 Å². The number of amides is 1. The Morgan fingerprint density at radius 2 is 2.04 bits per heavy atom. The van der Waals surface area contributed by atoms with E-state index in [4.69, 9.17) is 0 Å². The highest BCUT2D eigenvalue weighted by Crippen LogP contribution is 2.42. The van der Waals surface area contributed by atoms with Gasteiger partial charge >= 0.3 is 0 Å². The summed E-state index contributed by atoms with van der Waals surface area (Å²) in [4.78, 5) is 24.6. The summed E-state index contributed by atoms with van der Waals surface area (Å²) in [5.74, 6) is -1.86. The molecule has 3 heterocycles. The van der Waals surface area contributed by atoms with Crippen LogP contribution in [-0.4, -0.2) is 51.9 Å². The van der Waals surface area contributed by atoms with E-state index in [1.165, 1.54) is 11.8 Å². The molecular weight excluding hydrogens is 338 g/mol. The zero-order chi connectivity index (χ0) is 18.3. The van der Waals surface area contributed by atoms with Crippen LogP contribution in [0, 0.1) is 11.6 Å². The maximum absolute atomic E-state index is 14.0. The van der Waals surface area contributed by atoms with Gasteiger partial charge in [0.1, 0.15) is 11.6 Å². The number of likely N-dealkylation sites (tertiary alicyclic amines) is 1. The summed E-state index contributed by atoms with van der Waals surface area (Å²) in [5.41, 5.74) is 2.03. The molecule has 1 N–H and O–H groups in total. The lowest BCUT2D eigenvalue weighted by Crippen LogP contribution is -2.57. The molecule has 0 saturated carbocycles. The van der Waals surface area contributed by atoms with Gasteiger partial charge in [0.25, 0.3) is 5.91 Å². The molecule has 2 aromatic rings. The second-order valence-corrected chi connectivity index (χ2v) is 7.01. The molecule has 1 amide bonds. The number of piperidine rings is 1. The van der Waals surface area contributed by atoms with Crippen molar-refractivity contribution >= 4 is 5.91 Å². The Hall–Kier alpha value is -2.28. The topological polar surface area (TPSA) is 52.2 Å². The van der Waals surface area contributed by atoms with E-state index in [-0.39, 0.29) is 17.0 Å². The summed E-state index contributed by atoms with van der Waals surface area (Å²) in [6.07, 6.45) is 4.21. The zero-order valence-corrected chi connectivity index (χ0v) is 14.8. The lowest BCUT2D eigenvalue weighted by Gasteiger charge is -2.50. The normalized spacial score (nSPS) is 19.6. The van der Waals surface area contributed by atoms with Gasteiger partial charge in [-0.2, -0.15) is 0 Å². The second kappa shape index (κ2) is 6.46. The summed E-state index contributed by atoms with van der Waals surface area (Å²) in [6, 6.07) is 3.11. The smallest absolute Gasteiger partial charge is 0.256 e. The number of hydrogen-bond donors (Lipinski definition) is 1. The largest absolute Gasteiger partial charge is 0.348 e. The molecule has 26 heavy (non-hydrogen) atoms. The number of fused-ring (bicyclic) bond motifs is 2. The summed E-state index contributed by atoms with van der Waals surface area (Å²) < 4.78 is 27.1. The van der Waals surface area contributed by atoms with Gasteiger partial charge in [0.05, 0.1) is 23.1 Å². The number of nitrogens with zero attached hydrogens (tertiary/aromatic N) is 3. The van der Waals surface area contributed by atoms with Crippen LogP contribution in [0.5, 0.6) is 0 Å². The molecule has 1 aromatic heterocycles. The lowest BCUT2D eigenvalue weighted by molar-refractivity contribution is 0.0101. The minimum absolute atomic E-state index is 0.0706. The van der Waals surface area contributed by atoms with Crippen LogP contribution in [-0.2, 0) is 12.0 Å². The molecule has 0 bridgehead atoms. The van der Waals surface area contributed by atoms with Gasteiger partial charge < -0.3 is 9.88 Å². The number of carbonyl (C=O) groups excluding carboxylic acids is 1. The number of aromatic nitrogens is 2. The fraction of sp³-hybridized carbons (Fsp3) is 0.474. The van der Waals surface area contributed by atoms with Crippen molar-refractivity contribution in [1.29, 1.82) is 0 Å². The third-order valence-electron chi connectivity index (χ3n) is 5.82. The molecule has 0 aliphatic carbocycles. The SMILES string of the molecule is CCN1CCc2[nH]cnc2C12CCN(C(=O)c1ccc(F)cc1F)CC2. The number of hydrogen-bond acceptors (Lipinski definition) is 3. The number of carbonyl (C=O) groups is 1. The van der Waals surface area contributed by atoms with E-state index < -0.39 is 11.6 Å². The molecule has 1 saturated heterocycles. The van der Waals surface area contributed by atoms with Gasteiger partial charge in [0.15, 0.2) is 0 Å². The first-order valence-corrected chi connectivity index (χ1v) is 9.07. The van der Waals surface area contributed by atoms with Gasteiger partial charge in [0.2, 0.25) is 0 Å². The van der Waals surface area contributed by atoms with Gasteiger partial charge in [-0.1, -0.05) is 6.92 Å². The van der Waals surface area contributed by atoms with Gasteiger partial charge in [-0.05, 0) is 31.5 Å². The van der Waals surface area contributed by atoms with Crippen LogP contribution < -0.4 is 0 Å². The number of nitrogens with one attached hydrogen (secondary N) is 1. The van der Waals surface area contributed by atoms with E-state index in [0.29, 0.717) is 13.1 Å². The Balaban J connectivity index is 1.56. The molecule has 7 heteroatoms. The van der Waals surface area contributed by atoms with Crippen LogP contribution in [0.2, 0.25) is 0 Å². The summed E-state index contributed by atoms with van der Waals surface area (Å²) in [7, 11) is 0. The Labute approximate surface area is 151 Å². The van der Waals surface area contributed by atoms with E-state index in [0.717, 1.165) is 50.2 Å². The first kappa shape index (κ1) is 17.1. The average molecular weight is 360 g/mol. The number of rotatable bonds is 2. The molecule has 2 aliphatic heterocycles. The van der Waals surface area contributed by atoms with Crippen molar-refractivity contribution in [2.45, 2.75) is 31.7 Å². The maximum Gasteiger partial charge on any atom is 0.256 e. The lowest BCUT2D eigenvalue weighted by atomic mass is 9.78. The first-order chi connectivity index (χ1) is 12.5. The number of benzene rings is 1. The van der Waals surface area contributed by atoms with Crippen molar-refractivity contribution in [1.82, 2.24) is 19.8 Å². The number of imidazole rings is 1. The third kappa shape index (κ3) is 2.61. The van der Waals surface area contributed by atoms with Crippen molar-refractivity contribution in [3.8, 4) is 0 Å². The van der Waals surface area contributed by atoms with Crippen LogP contribution in [0.15, 0.2) is 24.5 Å². The van der Waals surface area contributed by atoms with Crippen LogP contribution in [0.4, 0.5) is 8.78 Å². The Kier molecular flexibility index (Phi) is 4.26. The van der Waals surface area contributed by atoms with Crippen molar-refractivity contribution in [3.63, 3.8) is 0 Å². The predicted octanol–water partition coefficient (Wildman–Crippen LogP) is 2.70. The number of aromatic amines is 1. The molecular formula is C19H22F2N4O. The van der Waals surface area contributed by atoms with Crippen LogP contribution >= 0.6 is 0 Å². The van der Waals surface area contributed by atoms with Gasteiger partial charge in [-0.3, -0.25) is 9.69 Å². The molecule has 0 atom stereocenters. The molecule has 5 nitrogen and oxygen atoms in total. The monoisotopic (exact) mass is 360 g/mol. The van der Waals surface area contributed by atoms with Crippen LogP contribution in [0.1, 0.15) is 41.5 Å². The fourth-order valence-corrected chi connectivity index (χ4v) is 4.45. The minimum atomic E-state index is -0.808. The molecule has 1 aromatic carbocycles. The molecule has 0 radical (unpaired) electrons. The predicted molar refractivity (Wildman–Crippen MR) is 92.7 cm³/mol. The summed E-state index contributed by atoms with van der Waals surface area (Å²) >= 11 is 0. The zero-order valence-electron chi connectivity index (χ0n) is 14.8. The second-order valence-electron chi connectivity index (χ2n) is 7.01. The Bertz CT molecular complexity index is 827. The standard InChI is InChI=1S/C19H22F2N4O/c1-2-25-8-5-16-17(23-12-22-16)19(25)6-9-24(10-7-19)18(26)14-4-3-13(20)11-15(14)21/h3-4,11-12H,2,5-10H2,1H3,(H,22,23). The third-order valence-corrected chi connectivity index (χ3v) is 5.82.